The molecule has 0 bridgehead atoms. The number of hydrogen-bond donors (Lipinski definition) is 2. The number of fused-ring (bicyclic) bond motifs is 1. The van der Waals surface area contributed by atoms with E-state index >= 15 is 0 Å². The smallest absolute Gasteiger partial charge is 0.160 e. The highest BCUT2D eigenvalue weighted by molar-refractivity contribution is 5.94. The molecule has 2 rings (SSSR count). The molecule has 3 N–H and O–H groups in total. The fourth-order valence-corrected chi connectivity index (χ4v) is 1.29. The number of nitrogens with two attached hydrogens (primary N) is 1. The van der Waals surface area contributed by atoms with Gasteiger partial charge in [0.2, 0.25) is 0 Å². The number of anilines is 2. The molecule has 0 unspecified atom stereocenters. The maximum atomic E-state index is 5.71. The van der Waals surface area contributed by atoms with Gasteiger partial charge >= 0.3 is 0 Å². The molecule has 0 aliphatic rings. The van der Waals surface area contributed by atoms with E-state index in [1.165, 1.54) is 0 Å². The van der Waals surface area contributed by atoms with Crippen LogP contribution in [-0.4, -0.2) is 16.9 Å². The monoisotopic (exact) mass is 192 g/mol. The van der Waals surface area contributed by atoms with Crippen molar-refractivity contribution in [2.75, 3.05) is 17.6 Å². The Hall–Kier alpha value is -1.78. The first-order valence-electron chi connectivity index (χ1n) is 4.57. The number of rotatable bonds is 3. The predicted molar refractivity (Wildman–Crippen MR) is 55.0 cm³/mol. The minimum Gasteiger partial charge on any atom is -0.397 e. The maximum absolute atomic E-state index is 5.71. The lowest BCUT2D eigenvalue weighted by Gasteiger charge is -2.04. The minimum absolute atomic E-state index is 0.586. The summed E-state index contributed by atoms with van der Waals surface area (Å²) in [5.41, 5.74) is 8.52. The second-order valence-electron chi connectivity index (χ2n) is 3.09. The molecule has 0 saturated heterocycles. The van der Waals surface area contributed by atoms with Gasteiger partial charge in [-0.3, -0.25) is 0 Å². The van der Waals surface area contributed by atoms with E-state index in [9.17, 15) is 0 Å². The van der Waals surface area contributed by atoms with Gasteiger partial charge in [-0.2, -0.15) is 0 Å². The molecule has 1 heterocycles. The van der Waals surface area contributed by atoms with E-state index in [0.717, 1.165) is 18.7 Å². The molecule has 14 heavy (non-hydrogen) atoms. The van der Waals surface area contributed by atoms with Crippen molar-refractivity contribution in [1.29, 1.82) is 0 Å². The van der Waals surface area contributed by atoms with Gasteiger partial charge in [-0.1, -0.05) is 6.92 Å². The number of nitrogens with zero attached hydrogens (tertiary/aromatic N) is 2. The van der Waals surface area contributed by atoms with Crippen LogP contribution in [0.4, 0.5) is 11.4 Å². The maximum Gasteiger partial charge on any atom is 0.160 e. The van der Waals surface area contributed by atoms with Crippen LogP contribution in [0.3, 0.4) is 0 Å². The second-order valence-corrected chi connectivity index (χ2v) is 3.09. The predicted octanol–water partition coefficient (Wildman–Crippen LogP) is 1.63. The Balaban J connectivity index is 2.45. The molecule has 0 amide bonds. The van der Waals surface area contributed by atoms with Gasteiger partial charge in [0.05, 0.1) is 11.4 Å². The molecule has 74 valence electrons. The highest BCUT2D eigenvalue weighted by Gasteiger charge is 2.08. The molecule has 0 saturated carbocycles. The molecule has 0 aliphatic heterocycles. The summed E-state index contributed by atoms with van der Waals surface area (Å²) >= 11 is 0. The fraction of sp³-hybridized carbons (Fsp3) is 0.333. The van der Waals surface area contributed by atoms with Crippen LogP contribution in [0.2, 0.25) is 0 Å². The van der Waals surface area contributed by atoms with Crippen LogP contribution < -0.4 is 11.1 Å². The van der Waals surface area contributed by atoms with Crippen LogP contribution >= 0.6 is 0 Å². The number of benzene rings is 1. The van der Waals surface area contributed by atoms with E-state index < -0.39 is 0 Å². The van der Waals surface area contributed by atoms with Crippen LogP contribution in [0, 0.1) is 0 Å². The Kier molecular flexibility index (Phi) is 2.22. The Morgan fingerprint density at radius 3 is 2.93 bits per heavy atom. The molecular weight excluding hydrogens is 180 g/mol. The number of nitrogens with one attached hydrogen (secondary N) is 1. The van der Waals surface area contributed by atoms with Crippen LogP contribution in [-0.2, 0) is 0 Å². The number of hydrogen-bond acceptors (Lipinski definition) is 5. The van der Waals surface area contributed by atoms with Gasteiger partial charge in [0.1, 0.15) is 0 Å². The molecular formula is C9H12N4O. The van der Waals surface area contributed by atoms with Crippen LogP contribution in [0.25, 0.3) is 11.0 Å². The zero-order chi connectivity index (χ0) is 9.97. The summed E-state index contributed by atoms with van der Waals surface area (Å²) in [6.45, 7) is 2.99. The largest absolute Gasteiger partial charge is 0.397 e. The lowest BCUT2D eigenvalue weighted by atomic mass is 10.2. The molecule has 1 aromatic carbocycles. The summed E-state index contributed by atoms with van der Waals surface area (Å²) in [6.07, 6.45) is 1.05. The summed E-state index contributed by atoms with van der Waals surface area (Å²) < 4.78 is 4.65. The van der Waals surface area contributed by atoms with Crippen LogP contribution in [0.15, 0.2) is 16.8 Å². The van der Waals surface area contributed by atoms with Crippen molar-refractivity contribution >= 4 is 22.4 Å². The second kappa shape index (κ2) is 3.53. The third kappa shape index (κ3) is 1.37. The van der Waals surface area contributed by atoms with Gasteiger partial charge in [-0.05, 0) is 28.9 Å². The number of nitrogen functional groups attached to an aromatic ring is 1. The summed E-state index contributed by atoms with van der Waals surface area (Å²) in [5, 5.41) is 10.8. The Bertz CT molecular complexity index is 437. The fourth-order valence-electron chi connectivity index (χ4n) is 1.29. The van der Waals surface area contributed by atoms with Crippen molar-refractivity contribution in [3.05, 3.63) is 12.1 Å². The summed E-state index contributed by atoms with van der Waals surface area (Å²) in [7, 11) is 0. The van der Waals surface area contributed by atoms with E-state index in [1.807, 2.05) is 6.07 Å². The first-order valence-corrected chi connectivity index (χ1v) is 4.57. The van der Waals surface area contributed by atoms with Gasteiger partial charge in [0.25, 0.3) is 0 Å². The lowest BCUT2D eigenvalue weighted by Crippen LogP contribution is -2.00. The van der Waals surface area contributed by atoms with Gasteiger partial charge in [-0.25, -0.2) is 4.63 Å². The van der Waals surface area contributed by atoms with E-state index in [0.29, 0.717) is 16.7 Å². The first kappa shape index (κ1) is 8.80. The van der Waals surface area contributed by atoms with Crippen molar-refractivity contribution in [2.45, 2.75) is 13.3 Å². The summed E-state index contributed by atoms with van der Waals surface area (Å²) in [4.78, 5) is 0. The topological polar surface area (TPSA) is 77.0 Å². The van der Waals surface area contributed by atoms with E-state index in [-0.39, 0.29) is 0 Å². The quantitative estimate of drug-likeness (QED) is 0.722. The molecule has 5 nitrogen and oxygen atoms in total. The van der Waals surface area contributed by atoms with Crippen molar-refractivity contribution in [2.24, 2.45) is 0 Å². The minimum atomic E-state index is 0.586. The normalized spacial score (nSPS) is 10.6. The molecule has 0 radical (unpaired) electrons. The summed E-state index contributed by atoms with van der Waals surface area (Å²) in [6, 6.07) is 3.68. The molecule has 0 spiro atoms. The average Bonchev–Trinajstić information content (AvgIpc) is 2.66. The van der Waals surface area contributed by atoms with Crippen molar-refractivity contribution in [3.8, 4) is 0 Å². The van der Waals surface area contributed by atoms with Crippen LogP contribution in [0.5, 0.6) is 0 Å². The SMILES string of the molecule is CCCNc1ccc(N)c2nonc12. The zero-order valence-electron chi connectivity index (χ0n) is 7.95. The standard InChI is InChI=1S/C9H12N4O/c1-2-5-11-7-4-3-6(10)8-9(7)13-14-12-8/h3-4,11H,2,5,10H2,1H3. The third-order valence-corrected chi connectivity index (χ3v) is 2.01. The van der Waals surface area contributed by atoms with Gasteiger partial charge in [0.15, 0.2) is 11.0 Å². The zero-order valence-corrected chi connectivity index (χ0v) is 7.95. The Morgan fingerprint density at radius 2 is 2.14 bits per heavy atom. The van der Waals surface area contributed by atoms with E-state index in [1.54, 1.807) is 6.07 Å². The molecule has 5 heteroatoms. The molecule has 2 aromatic rings. The van der Waals surface area contributed by atoms with Crippen molar-refractivity contribution < 1.29 is 4.63 Å². The highest BCUT2D eigenvalue weighted by atomic mass is 16.6. The van der Waals surface area contributed by atoms with E-state index in [4.69, 9.17) is 5.73 Å². The molecule has 1 aromatic heterocycles. The highest BCUT2D eigenvalue weighted by Crippen LogP contribution is 2.24. The Morgan fingerprint density at radius 1 is 1.36 bits per heavy atom. The third-order valence-electron chi connectivity index (χ3n) is 2.01. The van der Waals surface area contributed by atoms with Crippen molar-refractivity contribution in [3.63, 3.8) is 0 Å². The average molecular weight is 192 g/mol. The number of aromatic nitrogens is 2. The van der Waals surface area contributed by atoms with Crippen molar-refractivity contribution in [1.82, 2.24) is 10.3 Å². The molecule has 0 aliphatic carbocycles. The molecule has 0 atom stereocenters. The first-order chi connectivity index (χ1) is 6.83. The lowest BCUT2D eigenvalue weighted by molar-refractivity contribution is 0.316. The molecule has 0 fully saturated rings. The van der Waals surface area contributed by atoms with Gasteiger partial charge in [0, 0.05) is 6.54 Å². The van der Waals surface area contributed by atoms with Crippen LogP contribution in [0.1, 0.15) is 13.3 Å². The van der Waals surface area contributed by atoms with Gasteiger partial charge < -0.3 is 11.1 Å². The van der Waals surface area contributed by atoms with Gasteiger partial charge in [-0.15, -0.1) is 0 Å². The van der Waals surface area contributed by atoms with E-state index in [2.05, 4.69) is 27.2 Å². The Labute approximate surface area is 81.2 Å². The summed E-state index contributed by atoms with van der Waals surface area (Å²) in [5.74, 6) is 0.